The van der Waals surface area contributed by atoms with Crippen LogP contribution in [0.3, 0.4) is 0 Å². The number of Topliss-reactive ketones (excluding diaryl/α,β-unsaturated/α-hetero) is 1. The number of alkyl halides is 1. The second kappa shape index (κ2) is 4.36. The van der Waals surface area contributed by atoms with E-state index in [9.17, 15) is 13.6 Å². The quantitative estimate of drug-likeness (QED) is 0.599. The molecule has 0 saturated heterocycles. The van der Waals surface area contributed by atoms with Gasteiger partial charge >= 0.3 is 0 Å². The van der Waals surface area contributed by atoms with Crippen LogP contribution in [0.5, 0.6) is 0 Å². The summed E-state index contributed by atoms with van der Waals surface area (Å²) >= 11 is 8.36. The minimum atomic E-state index is -0.944. The molecule has 1 aromatic carbocycles. The molecular weight excluding hydrogens is 277 g/mol. The molecule has 1 aromatic rings. The number of benzene rings is 1. The summed E-state index contributed by atoms with van der Waals surface area (Å²) in [5.41, 5.74) is -0.587. The molecule has 0 saturated carbocycles. The largest absolute Gasteiger partial charge is 0.292 e. The van der Waals surface area contributed by atoms with Gasteiger partial charge in [-0.2, -0.15) is 0 Å². The van der Waals surface area contributed by atoms with Crippen LogP contribution >= 0.6 is 27.5 Å². The van der Waals surface area contributed by atoms with Crippen LogP contribution in [0.25, 0.3) is 0 Å². The molecule has 0 spiro atoms. The molecule has 1 atom stereocenters. The average molecular weight is 283 g/mol. The number of ketones is 1. The van der Waals surface area contributed by atoms with Crippen molar-refractivity contribution in [2.24, 2.45) is 0 Å². The van der Waals surface area contributed by atoms with Gasteiger partial charge in [-0.1, -0.05) is 15.9 Å². The zero-order valence-corrected chi connectivity index (χ0v) is 9.49. The first-order chi connectivity index (χ1) is 6.43. The minimum absolute atomic E-state index is 0.242. The second-order valence-corrected chi connectivity index (χ2v) is 4.30. The summed E-state index contributed by atoms with van der Waals surface area (Å²) in [6, 6.07) is 2.05. The van der Waals surface area contributed by atoms with E-state index in [4.69, 9.17) is 11.6 Å². The molecule has 0 bridgehead atoms. The molecule has 0 aliphatic heterocycles. The molecule has 0 amide bonds. The Morgan fingerprint density at radius 3 is 2.21 bits per heavy atom. The fourth-order valence-electron chi connectivity index (χ4n) is 0.976. The van der Waals surface area contributed by atoms with E-state index in [2.05, 4.69) is 15.9 Å². The third-order valence-corrected chi connectivity index (χ3v) is 2.27. The number of carbonyl (C=O) groups is 1. The molecule has 1 rings (SSSR count). The first-order valence-electron chi connectivity index (χ1n) is 3.76. The first-order valence-corrected chi connectivity index (χ1v) is 4.99. The SMILES string of the molecule is CC(Cl)C(=O)c1c(F)cc(Br)cc1F. The molecule has 5 heteroatoms. The maximum atomic E-state index is 13.2. The fourth-order valence-corrected chi connectivity index (χ4v) is 1.49. The third-order valence-electron chi connectivity index (χ3n) is 1.61. The van der Waals surface area contributed by atoms with Gasteiger partial charge in [-0.05, 0) is 19.1 Å². The van der Waals surface area contributed by atoms with Gasteiger partial charge in [-0.3, -0.25) is 4.79 Å². The van der Waals surface area contributed by atoms with Crippen molar-refractivity contribution in [3.63, 3.8) is 0 Å². The maximum Gasteiger partial charge on any atom is 0.186 e. The highest BCUT2D eigenvalue weighted by atomic mass is 79.9. The molecule has 14 heavy (non-hydrogen) atoms. The summed E-state index contributed by atoms with van der Waals surface area (Å²) in [7, 11) is 0. The number of hydrogen-bond donors (Lipinski definition) is 0. The van der Waals surface area contributed by atoms with Crippen LogP contribution < -0.4 is 0 Å². The maximum absolute atomic E-state index is 13.2. The molecule has 1 nitrogen and oxygen atoms in total. The van der Waals surface area contributed by atoms with Crippen LogP contribution in [0.15, 0.2) is 16.6 Å². The number of hydrogen-bond acceptors (Lipinski definition) is 1. The van der Waals surface area contributed by atoms with E-state index in [-0.39, 0.29) is 4.47 Å². The van der Waals surface area contributed by atoms with Crippen LogP contribution in [-0.4, -0.2) is 11.2 Å². The van der Waals surface area contributed by atoms with Gasteiger partial charge in [0.1, 0.15) is 11.6 Å². The lowest BCUT2D eigenvalue weighted by Crippen LogP contribution is -2.14. The topological polar surface area (TPSA) is 17.1 Å². The molecule has 0 N–H and O–H groups in total. The van der Waals surface area contributed by atoms with Crippen molar-refractivity contribution < 1.29 is 13.6 Å². The Morgan fingerprint density at radius 1 is 1.43 bits per heavy atom. The molecule has 0 aliphatic rings. The molecule has 0 aromatic heterocycles. The Morgan fingerprint density at radius 2 is 1.86 bits per heavy atom. The normalized spacial score (nSPS) is 12.6. The van der Waals surface area contributed by atoms with Crippen LogP contribution in [0, 0.1) is 11.6 Å². The van der Waals surface area contributed by atoms with E-state index in [0.29, 0.717) is 0 Å². The highest BCUT2D eigenvalue weighted by Crippen LogP contribution is 2.21. The monoisotopic (exact) mass is 282 g/mol. The predicted molar refractivity (Wildman–Crippen MR) is 53.7 cm³/mol. The molecule has 0 radical (unpaired) electrons. The van der Waals surface area contributed by atoms with E-state index in [1.165, 1.54) is 6.92 Å². The van der Waals surface area contributed by atoms with E-state index < -0.39 is 28.4 Å². The predicted octanol–water partition coefficient (Wildman–Crippen LogP) is 3.54. The molecule has 0 aliphatic carbocycles. The Kier molecular flexibility index (Phi) is 3.61. The van der Waals surface area contributed by atoms with Crippen molar-refractivity contribution in [3.8, 4) is 0 Å². The van der Waals surface area contributed by atoms with Crippen LogP contribution in [0.1, 0.15) is 17.3 Å². The Hall–Kier alpha value is -0.480. The summed E-state index contributed by atoms with van der Waals surface area (Å²) in [4.78, 5) is 11.3. The third kappa shape index (κ3) is 2.30. The van der Waals surface area contributed by atoms with E-state index in [0.717, 1.165) is 12.1 Å². The molecule has 1 unspecified atom stereocenters. The Balaban J connectivity index is 3.28. The van der Waals surface area contributed by atoms with Crippen molar-refractivity contribution in [2.45, 2.75) is 12.3 Å². The van der Waals surface area contributed by atoms with Crippen molar-refractivity contribution in [2.75, 3.05) is 0 Å². The highest BCUT2D eigenvalue weighted by molar-refractivity contribution is 9.10. The molecule has 0 fully saturated rings. The number of rotatable bonds is 2. The van der Waals surface area contributed by atoms with Crippen LogP contribution in [-0.2, 0) is 0 Å². The van der Waals surface area contributed by atoms with Gasteiger partial charge in [0.2, 0.25) is 0 Å². The highest BCUT2D eigenvalue weighted by Gasteiger charge is 2.21. The lowest BCUT2D eigenvalue weighted by Gasteiger charge is -2.05. The second-order valence-electron chi connectivity index (χ2n) is 2.72. The van der Waals surface area contributed by atoms with Gasteiger partial charge in [0, 0.05) is 4.47 Å². The summed E-state index contributed by atoms with van der Waals surface area (Å²) in [6.07, 6.45) is 0. The summed E-state index contributed by atoms with van der Waals surface area (Å²) in [6.45, 7) is 1.37. The van der Waals surface area contributed by atoms with Crippen molar-refractivity contribution >= 4 is 33.3 Å². The number of carbonyl (C=O) groups excluding carboxylic acids is 1. The first kappa shape index (κ1) is 11.6. The van der Waals surface area contributed by atoms with E-state index in [1.54, 1.807) is 0 Å². The Bertz CT molecular complexity index is 356. The van der Waals surface area contributed by atoms with Gasteiger partial charge in [0.25, 0.3) is 0 Å². The minimum Gasteiger partial charge on any atom is -0.292 e. The zero-order valence-electron chi connectivity index (χ0n) is 7.15. The van der Waals surface area contributed by atoms with Gasteiger partial charge in [-0.15, -0.1) is 11.6 Å². The average Bonchev–Trinajstić information content (AvgIpc) is 2.01. The fraction of sp³-hybridized carbons (Fsp3) is 0.222. The molecule has 0 heterocycles. The Labute approximate surface area is 93.2 Å². The van der Waals surface area contributed by atoms with Crippen molar-refractivity contribution in [1.29, 1.82) is 0 Å². The van der Waals surface area contributed by atoms with Gasteiger partial charge < -0.3 is 0 Å². The number of halogens is 4. The lowest BCUT2D eigenvalue weighted by molar-refractivity contribution is 0.0983. The van der Waals surface area contributed by atoms with Crippen molar-refractivity contribution in [1.82, 2.24) is 0 Å². The summed E-state index contributed by atoms with van der Waals surface area (Å²) in [5.74, 6) is -2.57. The van der Waals surface area contributed by atoms with E-state index in [1.807, 2.05) is 0 Å². The molecular formula is C9H6BrClF2O. The van der Waals surface area contributed by atoms with Gasteiger partial charge in [0.15, 0.2) is 5.78 Å². The van der Waals surface area contributed by atoms with Gasteiger partial charge in [-0.25, -0.2) is 8.78 Å². The standard InChI is InChI=1S/C9H6BrClF2O/c1-4(11)9(14)8-6(12)2-5(10)3-7(8)13/h2-4H,1H3. The van der Waals surface area contributed by atoms with E-state index >= 15 is 0 Å². The zero-order chi connectivity index (χ0) is 10.9. The van der Waals surface area contributed by atoms with Crippen LogP contribution in [0.2, 0.25) is 0 Å². The molecule has 76 valence electrons. The van der Waals surface area contributed by atoms with Crippen molar-refractivity contribution in [3.05, 3.63) is 33.8 Å². The summed E-state index contributed by atoms with van der Waals surface area (Å²) in [5, 5.41) is -0.944. The lowest BCUT2D eigenvalue weighted by atomic mass is 10.1. The summed E-state index contributed by atoms with van der Waals surface area (Å²) < 4.78 is 26.6. The van der Waals surface area contributed by atoms with Gasteiger partial charge in [0.05, 0.1) is 10.9 Å². The smallest absolute Gasteiger partial charge is 0.186 e. The van der Waals surface area contributed by atoms with Crippen LogP contribution in [0.4, 0.5) is 8.78 Å².